The Kier molecular flexibility index (Phi) is 6.63. The molecule has 0 atom stereocenters. The minimum absolute atomic E-state index is 0.113. The van der Waals surface area contributed by atoms with Crippen molar-refractivity contribution in [1.29, 1.82) is 0 Å². The highest BCUT2D eigenvalue weighted by Gasteiger charge is 2.34. The molecule has 2 aliphatic rings. The molecule has 0 saturated carbocycles. The maximum Gasteiger partial charge on any atom is 0.228 e. The van der Waals surface area contributed by atoms with Crippen LogP contribution in [0, 0.1) is 17.8 Å². The molecule has 4 aromatic carbocycles. The number of nitrogens with zero attached hydrogens (tertiary/aromatic N) is 1. The van der Waals surface area contributed by atoms with E-state index in [0.29, 0.717) is 5.92 Å². The van der Waals surface area contributed by atoms with E-state index in [0.717, 1.165) is 50.4 Å². The number of aromatic nitrogens is 1. The Hall–Kier alpha value is -3.43. The van der Waals surface area contributed by atoms with Crippen LogP contribution in [0.25, 0.3) is 43.6 Å². The molecule has 1 fully saturated rings. The molecular weight excluding hydrogens is 526 g/mol. The number of pyridine rings is 1. The molecule has 0 radical (unpaired) electrons. The van der Waals surface area contributed by atoms with E-state index >= 15 is 0 Å². The van der Waals surface area contributed by atoms with Gasteiger partial charge in [0.05, 0.1) is 10.9 Å². The van der Waals surface area contributed by atoms with Crippen molar-refractivity contribution >= 4 is 32.3 Å². The van der Waals surface area contributed by atoms with Crippen molar-refractivity contribution in [3.05, 3.63) is 77.0 Å². The summed E-state index contributed by atoms with van der Waals surface area (Å²) in [4.78, 5) is 0. The average Bonchev–Trinajstić information content (AvgIpc) is 2.95. The Labute approximate surface area is 256 Å². The van der Waals surface area contributed by atoms with Crippen molar-refractivity contribution in [3.8, 4) is 22.8 Å². The SMILES string of the molecule is Cc1c2c(c(CC(C)(C)C)c3ccc(CC(C)(C)C)cc13)Oc1cc3ccc(C4CCOCC4)cc3c3cc[n+](C)c-2c13. The van der Waals surface area contributed by atoms with Gasteiger partial charge < -0.3 is 9.47 Å². The number of fused-ring (bicyclic) bond motifs is 5. The van der Waals surface area contributed by atoms with Crippen LogP contribution in [0.3, 0.4) is 0 Å². The van der Waals surface area contributed by atoms with Gasteiger partial charge in [0.2, 0.25) is 5.69 Å². The zero-order chi connectivity index (χ0) is 30.3. The first-order valence-corrected chi connectivity index (χ1v) is 16.1. The van der Waals surface area contributed by atoms with E-state index in [-0.39, 0.29) is 10.8 Å². The van der Waals surface area contributed by atoms with Crippen molar-refractivity contribution in [3.63, 3.8) is 0 Å². The van der Waals surface area contributed by atoms with E-state index in [2.05, 4.69) is 115 Å². The molecule has 222 valence electrons. The van der Waals surface area contributed by atoms with Crippen molar-refractivity contribution in [2.45, 2.75) is 80.1 Å². The van der Waals surface area contributed by atoms with Gasteiger partial charge in [-0.2, -0.15) is 0 Å². The van der Waals surface area contributed by atoms with Crippen LogP contribution >= 0.6 is 0 Å². The van der Waals surface area contributed by atoms with Crippen LogP contribution in [0.2, 0.25) is 0 Å². The summed E-state index contributed by atoms with van der Waals surface area (Å²) in [5, 5.41) is 7.73. The third kappa shape index (κ3) is 5.00. The quantitative estimate of drug-likeness (QED) is 0.155. The summed E-state index contributed by atoms with van der Waals surface area (Å²) in [5.74, 6) is 2.57. The van der Waals surface area contributed by atoms with Crippen LogP contribution in [0.4, 0.5) is 0 Å². The second-order valence-corrected chi connectivity index (χ2v) is 15.6. The zero-order valence-corrected chi connectivity index (χ0v) is 27.3. The van der Waals surface area contributed by atoms with Crippen molar-refractivity contribution < 1.29 is 14.0 Å². The summed E-state index contributed by atoms with van der Waals surface area (Å²) < 4.78 is 15.1. The highest BCUT2D eigenvalue weighted by molar-refractivity contribution is 6.16. The van der Waals surface area contributed by atoms with Gasteiger partial charge in [0.1, 0.15) is 18.5 Å². The average molecular weight is 573 g/mol. The molecule has 0 unspecified atom stereocenters. The molecule has 0 bridgehead atoms. The van der Waals surface area contributed by atoms with E-state index in [1.807, 2.05) is 0 Å². The molecule has 7 rings (SSSR count). The number of hydrogen-bond acceptors (Lipinski definition) is 2. The van der Waals surface area contributed by atoms with Crippen LogP contribution in [0.1, 0.15) is 82.6 Å². The highest BCUT2D eigenvalue weighted by atomic mass is 16.5. The lowest BCUT2D eigenvalue weighted by Gasteiger charge is -2.29. The number of ether oxygens (including phenoxy) is 2. The Morgan fingerprint density at radius 2 is 1.53 bits per heavy atom. The molecule has 0 amide bonds. The van der Waals surface area contributed by atoms with Gasteiger partial charge in [-0.25, -0.2) is 4.57 Å². The minimum atomic E-state index is 0.113. The predicted molar refractivity (Wildman–Crippen MR) is 179 cm³/mol. The van der Waals surface area contributed by atoms with Crippen molar-refractivity contribution in [2.24, 2.45) is 17.9 Å². The molecule has 0 N–H and O–H groups in total. The maximum absolute atomic E-state index is 7.11. The fourth-order valence-corrected chi connectivity index (χ4v) is 7.61. The predicted octanol–water partition coefficient (Wildman–Crippen LogP) is 10.1. The van der Waals surface area contributed by atoms with Crippen LogP contribution in [-0.2, 0) is 24.6 Å². The maximum atomic E-state index is 7.11. The lowest BCUT2D eigenvalue weighted by atomic mass is 9.80. The summed E-state index contributed by atoms with van der Waals surface area (Å²) in [7, 11) is 2.19. The first-order valence-electron chi connectivity index (χ1n) is 16.1. The van der Waals surface area contributed by atoms with Gasteiger partial charge in [-0.05, 0) is 93.7 Å². The Morgan fingerprint density at radius 1 is 0.791 bits per heavy atom. The van der Waals surface area contributed by atoms with Gasteiger partial charge in [0.15, 0.2) is 6.20 Å². The molecule has 43 heavy (non-hydrogen) atoms. The van der Waals surface area contributed by atoms with Gasteiger partial charge in [-0.3, -0.25) is 0 Å². The third-order valence-electron chi connectivity index (χ3n) is 9.50. The van der Waals surface area contributed by atoms with Crippen LogP contribution in [-0.4, -0.2) is 13.2 Å². The van der Waals surface area contributed by atoms with Crippen LogP contribution in [0.15, 0.2) is 54.7 Å². The first-order chi connectivity index (χ1) is 20.4. The summed E-state index contributed by atoms with van der Waals surface area (Å²) in [6.07, 6.45) is 6.44. The summed E-state index contributed by atoms with van der Waals surface area (Å²) in [5.41, 5.74) is 8.32. The zero-order valence-electron chi connectivity index (χ0n) is 27.3. The molecule has 0 spiro atoms. The topological polar surface area (TPSA) is 22.3 Å². The molecule has 1 saturated heterocycles. The van der Waals surface area contributed by atoms with E-state index in [1.54, 1.807) is 0 Å². The Balaban J connectivity index is 1.53. The molecule has 3 nitrogen and oxygen atoms in total. The molecule has 2 aliphatic heterocycles. The lowest BCUT2D eigenvalue weighted by molar-refractivity contribution is -0.659. The van der Waals surface area contributed by atoms with Crippen LogP contribution in [0.5, 0.6) is 11.5 Å². The highest BCUT2D eigenvalue weighted by Crippen LogP contribution is 2.53. The second kappa shape index (κ2) is 10.1. The van der Waals surface area contributed by atoms with Gasteiger partial charge >= 0.3 is 0 Å². The Bertz CT molecular complexity index is 1910. The van der Waals surface area contributed by atoms with Gasteiger partial charge in [0, 0.05) is 30.2 Å². The van der Waals surface area contributed by atoms with E-state index in [4.69, 9.17) is 9.47 Å². The molecule has 3 heterocycles. The van der Waals surface area contributed by atoms with E-state index in [1.165, 1.54) is 65.8 Å². The molecule has 5 aromatic rings. The smallest absolute Gasteiger partial charge is 0.228 e. The van der Waals surface area contributed by atoms with Gasteiger partial charge in [-0.1, -0.05) is 77.9 Å². The van der Waals surface area contributed by atoms with E-state index in [9.17, 15) is 0 Å². The fourth-order valence-electron chi connectivity index (χ4n) is 7.61. The first kappa shape index (κ1) is 28.3. The number of hydrogen-bond donors (Lipinski definition) is 0. The normalized spacial score (nSPS) is 15.7. The molecule has 1 aromatic heterocycles. The van der Waals surface area contributed by atoms with Gasteiger partial charge in [0.25, 0.3) is 0 Å². The van der Waals surface area contributed by atoms with Crippen molar-refractivity contribution in [1.82, 2.24) is 0 Å². The van der Waals surface area contributed by atoms with Crippen molar-refractivity contribution in [2.75, 3.05) is 13.2 Å². The number of rotatable bonds is 3. The summed E-state index contributed by atoms with van der Waals surface area (Å²) in [6, 6.07) is 18.8. The number of benzene rings is 4. The van der Waals surface area contributed by atoms with Crippen LogP contribution < -0.4 is 9.30 Å². The molecule has 0 aliphatic carbocycles. The minimum Gasteiger partial charge on any atom is -0.455 e. The lowest BCUT2D eigenvalue weighted by Crippen LogP contribution is -2.32. The summed E-state index contributed by atoms with van der Waals surface area (Å²) >= 11 is 0. The standard InChI is InChI=1S/C40H46NO2/c1-24-31-19-25(22-39(2,3)4)9-12-29(31)33(23-40(5,6)7)38-35(24)37-36-30(13-16-41(37)8)32-20-27(26-14-17-42-18-15-26)10-11-28(32)21-34(36)43-38/h9-13,16,19-21,26H,14-15,17-18,22-23H2,1-8H3/q+1. The Morgan fingerprint density at radius 3 is 2.26 bits per heavy atom. The number of aryl methyl sites for hydroxylation is 2. The molecular formula is C40H46NO2+. The second-order valence-electron chi connectivity index (χ2n) is 15.6. The fraction of sp³-hybridized carbons (Fsp3) is 0.425. The van der Waals surface area contributed by atoms with E-state index < -0.39 is 0 Å². The monoisotopic (exact) mass is 572 g/mol. The largest absolute Gasteiger partial charge is 0.455 e. The summed E-state index contributed by atoms with van der Waals surface area (Å²) in [6.45, 7) is 18.0. The van der Waals surface area contributed by atoms with Gasteiger partial charge in [-0.15, -0.1) is 0 Å². The third-order valence-corrected chi connectivity index (χ3v) is 9.50. The molecule has 3 heteroatoms.